The van der Waals surface area contributed by atoms with E-state index < -0.39 is 0 Å². The van der Waals surface area contributed by atoms with Gasteiger partial charge in [-0.05, 0) is 19.3 Å². The summed E-state index contributed by atoms with van der Waals surface area (Å²) in [4.78, 5) is 11.9. The maximum absolute atomic E-state index is 11.9. The van der Waals surface area contributed by atoms with Crippen LogP contribution >= 0.6 is 0 Å². The predicted molar refractivity (Wildman–Crippen MR) is 113 cm³/mol. The lowest BCUT2D eigenvalue weighted by Gasteiger charge is -2.29. The van der Waals surface area contributed by atoms with Gasteiger partial charge in [0.2, 0.25) is 0 Å². The molecule has 0 saturated heterocycles. The van der Waals surface area contributed by atoms with E-state index in [-0.39, 0.29) is 5.97 Å². The number of hydrogen-bond donors (Lipinski definition) is 0. The highest BCUT2D eigenvalue weighted by atomic mass is 16.5. The molecule has 0 spiro atoms. The summed E-state index contributed by atoms with van der Waals surface area (Å²) in [5, 5.41) is 0. The van der Waals surface area contributed by atoms with Crippen LogP contribution in [0.4, 0.5) is 0 Å². The van der Waals surface area contributed by atoms with Crippen molar-refractivity contribution >= 4 is 5.97 Å². The monoisotopic (exact) mass is 370 g/mol. The average Bonchev–Trinajstić information content (AvgIpc) is 2.61. The number of carbonyl (C=O) groups excluding carboxylic acids is 1. The molecular formula is C23H48NO2+. The molecule has 0 atom stereocenters. The van der Waals surface area contributed by atoms with E-state index in [1.807, 2.05) is 0 Å². The normalized spacial score (nSPS) is 11.7. The summed E-state index contributed by atoms with van der Waals surface area (Å²) >= 11 is 0. The van der Waals surface area contributed by atoms with Gasteiger partial charge in [-0.25, -0.2) is 0 Å². The molecule has 0 unspecified atom stereocenters. The third-order valence-corrected chi connectivity index (χ3v) is 5.30. The predicted octanol–water partition coefficient (Wildman–Crippen LogP) is 6.50. The Bertz CT molecular complexity index is 315. The zero-order valence-electron chi connectivity index (χ0n) is 18.5. The van der Waals surface area contributed by atoms with Crippen molar-refractivity contribution in [1.29, 1.82) is 0 Å². The molecule has 156 valence electrons. The Morgan fingerprint density at radius 2 is 1.12 bits per heavy atom. The van der Waals surface area contributed by atoms with Gasteiger partial charge in [0.1, 0.15) is 0 Å². The van der Waals surface area contributed by atoms with Gasteiger partial charge < -0.3 is 9.22 Å². The second kappa shape index (κ2) is 17.8. The molecule has 0 amide bonds. The maximum Gasteiger partial charge on any atom is 0.311 e. The summed E-state index contributed by atoms with van der Waals surface area (Å²) in [6.07, 6.45) is 18.8. The Hall–Kier alpha value is -0.570. The zero-order valence-corrected chi connectivity index (χ0v) is 18.5. The van der Waals surface area contributed by atoms with Gasteiger partial charge in [0.05, 0.1) is 40.2 Å². The first kappa shape index (κ1) is 25.4. The van der Waals surface area contributed by atoms with Gasteiger partial charge in [0.15, 0.2) is 0 Å². The van der Waals surface area contributed by atoms with Crippen molar-refractivity contribution in [2.45, 2.75) is 110 Å². The quantitative estimate of drug-likeness (QED) is 0.147. The van der Waals surface area contributed by atoms with Crippen molar-refractivity contribution in [2.24, 2.45) is 0 Å². The highest BCUT2D eigenvalue weighted by molar-refractivity contribution is 5.69. The second-order valence-corrected chi connectivity index (χ2v) is 8.60. The van der Waals surface area contributed by atoms with Crippen molar-refractivity contribution in [3.05, 3.63) is 0 Å². The number of quaternary nitrogens is 1. The van der Waals surface area contributed by atoms with E-state index >= 15 is 0 Å². The van der Waals surface area contributed by atoms with E-state index in [0.29, 0.717) is 13.0 Å². The van der Waals surface area contributed by atoms with Gasteiger partial charge in [0, 0.05) is 0 Å². The number of esters is 1. The van der Waals surface area contributed by atoms with Gasteiger partial charge in [-0.3, -0.25) is 4.79 Å². The van der Waals surface area contributed by atoms with Crippen LogP contribution in [0.5, 0.6) is 0 Å². The van der Waals surface area contributed by atoms with E-state index in [2.05, 4.69) is 27.9 Å². The number of rotatable bonds is 19. The molecule has 0 radical (unpaired) electrons. The van der Waals surface area contributed by atoms with Crippen molar-refractivity contribution in [1.82, 2.24) is 0 Å². The second-order valence-electron chi connectivity index (χ2n) is 8.60. The van der Waals surface area contributed by atoms with Gasteiger partial charge >= 0.3 is 5.97 Å². The molecule has 0 saturated carbocycles. The molecular weight excluding hydrogens is 322 g/mol. The summed E-state index contributed by atoms with van der Waals surface area (Å²) in [5.74, 6) is -0.0133. The highest BCUT2D eigenvalue weighted by Crippen LogP contribution is 2.11. The summed E-state index contributed by atoms with van der Waals surface area (Å²) in [5.41, 5.74) is 0. The van der Waals surface area contributed by atoms with Gasteiger partial charge in [-0.2, -0.15) is 0 Å². The lowest BCUT2D eigenvalue weighted by Crippen LogP contribution is -2.42. The SMILES string of the molecule is CCCCCCCCCC[N+](C)(C)CCC(=O)OCCCCCCCC. The Balaban J connectivity index is 3.52. The maximum atomic E-state index is 11.9. The molecule has 0 aromatic rings. The van der Waals surface area contributed by atoms with Crippen molar-refractivity contribution in [3.63, 3.8) is 0 Å². The largest absolute Gasteiger partial charge is 0.466 e. The molecule has 0 bridgehead atoms. The van der Waals surface area contributed by atoms with Crippen LogP contribution in [-0.2, 0) is 9.53 Å². The Morgan fingerprint density at radius 1 is 0.654 bits per heavy atom. The molecule has 0 aliphatic heterocycles. The smallest absolute Gasteiger partial charge is 0.311 e. The van der Waals surface area contributed by atoms with Gasteiger partial charge in [-0.1, -0.05) is 84.5 Å². The first-order valence-corrected chi connectivity index (χ1v) is 11.5. The van der Waals surface area contributed by atoms with Crippen molar-refractivity contribution in [2.75, 3.05) is 33.8 Å². The summed E-state index contributed by atoms with van der Waals surface area (Å²) < 4.78 is 6.32. The lowest BCUT2D eigenvalue weighted by atomic mass is 10.1. The van der Waals surface area contributed by atoms with E-state index in [1.165, 1.54) is 90.0 Å². The van der Waals surface area contributed by atoms with Crippen LogP contribution in [0.3, 0.4) is 0 Å². The number of hydrogen-bond acceptors (Lipinski definition) is 2. The standard InChI is InChI=1S/C23H48NO2/c1-5-7-9-11-13-14-15-17-20-24(3,4)21-19-23(25)26-22-18-16-12-10-8-6-2/h5-22H2,1-4H3/q+1. The highest BCUT2D eigenvalue weighted by Gasteiger charge is 2.17. The fraction of sp³-hybridized carbons (Fsp3) is 0.957. The molecule has 3 heteroatoms. The molecule has 0 rings (SSSR count). The molecule has 0 N–H and O–H groups in total. The molecule has 0 aliphatic rings. The molecule has 0 heterocycles. The minimum absolute atomic E-state index is 0.0133. The van der Waals surface area contributed by atoms with Crippen LogP contribution in [-0.4, -0.2) is 44.2 Å². The van der Waals surface area contributed by atoms with Crippen molar-refractivity contribution < 1.29 is 14.0 Å². The van der Waals surface area contributed by atoms with E-state index in [1.54, 1.807) is 0 Å². The Morgan fingerprint density at radius 3 is 1.65 bits per heavy atom. The molecule has 0 fully saturated rings. The lowest BCUT2D eigenvalue weighted by molar-refractivity contribution is -0.890. The fourth-order valence-corrected chi connectivity index (χ4v) is 3.32. The van der Waals surface area contributed by atoms with E-state index in [0.717, 1.165) is 17.4 Å². The van der Waals surface area contributed by atoms with Crippen LogP contribution in [0, 0.1) is 0 Å². The molecule has 0 aromatic heterocycles. The first-order chi connectivity index (χ1) is 12.5. The molecule has 26 heavy (non-hydrogen) atoms. The van der Waals surface area contributed by atoms with Crippen LogP contribution in [0.2, 0.25) is 0 Å². The number of ether oxygens (including phenoxy) is 1. The van der Waals surface area contributed by atoms with E-state index in [4.69, 9.17) is 4.74 Å². The van der Waals surface area contributed by atoms with Crippen LogP contribution < -0.4 is 0 Å². The third kappa shape index (κ3) is 18.2. The average molecular weight is 371 g/mol. The zero-order chi connectivity index (χ0) is 19.5. The van der Waals surface area contributed by atoms with Crippen LogP contribution in [0.1, 0.15) is 110 Å². The first-order valence-electron chi connectivity index (χ1n) is 11.5. The number of unbranched alkanes of at least 4 members (excludes halogenated alkanes) is 12. The molecule has 0 aliphatic carbocycles. The minimum atomic E-state index is -0.0133. The third-order valence-electron chi connectivity index (χ3n) is 5.30. The Labute approximate surface area is 164 Å². The number of nitrogens with zero attached hydrogens (tertiary/aromatic N) is 1. The topological polar surface area (TPSA) is 26.3 Å². The molecule has 0 aromatic carbocycles. The minimum Gasteiger partial charge on any atom is -0.466 e. The summed E-state index contributed by atoms with van der Waals surface area (Å²) in [7, 11) is 4.48. The summed E-state index contributed by atoms with van der Waals surface area (Å²) in [6.45, 7) is 7.17. The van der Waals surface area contributed by atoms with E-state index in [9.17, 15) is 4.79 Å². The molecule has 3 nitrogen and oxygen atoms in total. The van der Waals surface area contributed by atoms with Gasteiger partial charge in [-0.15, -0.1) is 0 Å². The fourth-order valence-electron chi connectivity index (χ4n) is 3.32. The van der Waals surface area contributed by atoms with Crippen LogP contribution in [0.25, 0.3) is 0 Å². The van der Waals surface area contributed by atoms with Crippen LogP contribution in [0.15, 0.2) is 0 Å². The summed E-state index contributed by atoms with van der Waals surface area (Å²) in [6, 6.07) is 0. The van der Waals surface area contributed by atoms with Crippen molar-refractivity contribution in [3.8, 4) is 0 Å². The van der Waals surface area contributed by atoms with Gasteiger partial charge in [0.25, 0.3) is 0 Å². The number of carbonyl (C=O) groups is 1. The Kier molecular flexibility index (Phi) is 17.4.